The minimum atomic E-state index is -0.340. The summed E-state index contributed by atoms with van der Waals surface area (Å²) in [5.74, 6) is 3.99. The summed E-state index contributed by atoms with van der Waals surface area (Å²) in [7, 11) is 0. The second kappa shape index (κ2) is 12.4. The fraction of sp³-hybridized carbons (Fsp3) is 0.733. The number of nitrogens with one attached hydrogen (secondary N) is 1. The van der Waals surface area contributed by atoms with Crippen LogP contribution in [-0.2, 0) is 0 Å². The highest BCUT2D eigenvalue weighted by molar-refractivity contribution is 7.99. The quantitative estimate of drug-likeness (QED) is 0.324. The number of likely N-dealkylation sites (tertiary alicyclic amines) is 1. The van der Waals surface area contributed by atoms with Crippen molar-refractivity contribution in [2.24, 2.45) is 23.7 Å². The van der Waals surface area contributed by atoms with Crippen LogP contribution in [0.5, 0.6) is 0 Å². The Hall–Kier alpha value is -0.810. The van der Waals surface area contributed by atoms with Gasteiger partial charge in [-0.1, -0.05) is 60.9 Å². The van der Waals surface area contributed by atoms with Crippen LogP contribution < -0.4 is 5.32 Å². The molecule has 6 atom stereocenters. The molecule has 0 spiro atoms. The van der Waals surface area contributed by atoms with Crippen LogP contribution in [0.2, 0.25) is 0 Å². The fourth-order valence-corrected chi connectivity index (χ4v) is 8.75. The molecule has 2 N–H and O–H groups in total. The van der Waals surface area contributed by atoms with E-state index in [-0.39, 0.29) is 6.23 Å². The van der Waals surface area contributed by atoms with Crippen LogP contribution >= 0.6 is 11.8 Å². The lowest BCUT2D eigenvalue weighted by Crippen LogP contribution is -2.50. The molecule has 1 aliphatic heterocycles. The molecule has 4 aliphatic carbocycles. The lowest BCUT2D eigenvalue weighted by molar-refractivity contribution is 0.0380. The average molecular weight is 483 g/mol. The number of aliphatic hydroxyl groups is 1. The average Bonchev–Trinajstić information content (AvgIpc) is 2.89. The summed E-state index contributed by atoms with van der Waals surface area (Å²) in [5, 5.41) is 15.6. The first-order chi connectivity index (χ1) is 16.8. The Kier molecular flexibility index (Phi) is 9.09. The van der Waals surface area contributed by atoms with Crippen molar-refractivity contribution in [3.63, 3.8) is 0 Å². The van der Waals surface area contributed by atoms with Gasteiger partial charge >= 0.3 is 0 Å². The number of rotatable bonds is 8. The normalized spacial score (nSPS) is 35.7. The van der Waals surface area contributed by atoms with Crippen LogP contribution in [0.25, 0.3) is 0 Å². The third-order valence-electron chi connectivity index (χ3n) is 9.12. The molecule has 0 bridgehead atoms. The molecule has 1 saturated carbocycles. The third kappa shape index (κ3) is 6.49. The van der Waals surface area contributed by atoms with Gasteiger partial charge in [-0.05, 0) is 88.6 Å². The molecule has 34 heavy (non-hydrogen) atoms. The van der Waals surface area contributed by atoms with Gasteiger partial charge in [0.05, 0.1) is 0 Å². The minimum Gasteiger partial charge on any atom is -0.378 e. The van der Waals surface area contributed by atoms with Crippen LogP contribution in [0.4, 0.5) is 0 Å². The van der Waals surface area contributed by atoms with Gasteiger partial charge in [0.25, 0.3) is 0 Å². The van der Waals surface area contributed by atoms with Crippen LogP contribution in [-0.4, -0.2) is 52.9 Å². The Morgan fingerprint density at radius 1 is 1.00 bits per heavy atom. The number of thioether (sulfide) groups is 1. The summed E-state index contributed by atoms with van der Waals surface area (Å²) in [5.41, 5.74) is 1.58. The van der Waals surface area contributed by atoms with Gasteiger partial charge in [0.2, 0.25) is 0 Å². The van der Waals surface area contributed by atoms with Gasteiger partial charge in [0.15, 0.2) is 0 Å². The smallest absolute Gasteiger partial charge is 0.109 e. The molecule has 0 aromatic rings. The molecule has 0 aromatic carbocycles. The zero-order chi connectivity index (χ0) is 23.2. The van der Waals surface area contributed by atoms with Crippen LogP contribution in [0.1, 0.15) is 70.6 Å². The summed E-state index contributed by atoms with van der Waals surface area (Å²) in [6.45, 7) is 3.44. The Labute approximate surface area is 212 Å². The predicted molar refractivity (Wildman–Crippen MR) is 146 cm³/mol. The predicted octanol–water partition coefficient (Wildman–Crippen LogP) is 6.09. The summed E-state index contributed by atoms with van der Waals surface area (Å²) in [6, 6.07) is 0.468. The first-order valence-corrected chi connectivity index (χ1v) is 15.3. The lowest BCUT2D eigenvalue weighted by atomic mass is 9.72. The molecule has 0 radical (unpaired) electrons. The molecule has 5 rings (SSSR count). The van der Waals surface area contributed by atoms with E-state index in [2.05, 4.69) is 64.5 Å². The standard InChI is InChI=1S/C30H46N2OS/c33-30(31-26-17-19-32(20-18-26)21-23-9-2-1-3-10-23)28-15-6-7-16-29(28)34-22-25-13-8-12-24-11-4-5-14-27(24)25/h1-2,4,8-9,11,13,24-31,33H,3,5-7,10,12,14-22H2. The third-order valence-corrected chi connectivity index (χ3v) is 10.7. The Balaban J connectivity index is 1.08. The van der Waals surface area contributed by atoms with Gasteiger partial charge in [0, 0.05) is 29.5 Å². The Morgan fingerprint density at radius 2 is 1.88 bits per heavy atom. The van der Waals surface area contributed by atoms with E-state index in [1.165, 1.54) is 63.5 Å². The molecular formula is C30H46N2OS. The zero-order valence-electron chi connectivity index (χ0n) is 21.0. The monoisotopic (exact) mass is 482 g/mol. The maximum atomic E-state index is 11.3. The summed E-state index contributed by atoms with van der Waals surface area (Å²) >= 11 is 2.18. The fourth-order valence-electron chi connectivity index (χ4n) is 7.06. The van der Waals surface area contributed by atoms with Crippen LogP contribution in [0, 0.1) is 23.7 Å². The first kappa shape index (κ1) is 24.9. The molecule has 6 unspecified atom stereocenters. The van der Waals surface area contributed by atoms with E-state index in [9.17, 15) is 5.11 Å². The number of hydrogen-bond acceptors (Lipinski definition) is 4. The summed E-state index contributed by atoms with van der Waals surface area (Å²) < 4.78 is 0. The first-order valence-electron chi connectivity index (χ1n) is 14.2. The highest BCUT2D eigenvalue weighted by Crippen LogP contribution is 2.42. The molecule has 5 aliphatic rings. The maximum Gasteiger partial charge on any atom is 0.109 e. The number of nitrogens with zero attached hydrogens (tertiary/aromatic N) is 1. The van der Waals surface area contributed by atoms with Crippen molar-refractivity contribution in [2.45, 2.75) is 88.1 Å². The van der Waals surface area contributed by atoms with Crippen molar-refractivity contribution in [3.8, 4) is 0 Å². The molecule has 3 nitrogen and oxygen atoms in total. The van der Waals surface area contributed by atoms with Crippen LogP contribution in [0.3, 0.4) is 0 Å². The molecule has 0 aromatic heterocycles. The van der Waals surface area contributed by atoms with E-state index < -0.39 is 0 Å². The van der Waals surface area contributed by atoms with Gasteiger partial charge in [0.1, 0.15) is 6.23 Å². The Morgan fingerprint density at radius 3 is 2.74 bits per heavy atom. The van der Waals surface area contributed by atoms with Crippen molar-refractivity contribution in [1.29, 1.82) is 0 Å². The van der Waals surface area contributed by atoms with Gasteiger partial charge < -0.3 is 5.11 Å². The van der Waals surface area contributed by atoms with E-state index in [0.29, 0.717) is 17.2 Å². The molecule has 0 amide bonds. The van der Waals surface area contributed by atoms with E-state index in [1.807, 2.05) is 0 Å². The van der Waals surface area contributed by atoms with Crippen molar-refractivity contribution in [2.75, 3.05) is 25.4 Å². The van der Waals surface area contributed by atoms with Crippen LogP contribution in [0.15, 0.2) is 48.1 Å². The zero-order valence-corrected chi connectivity index (χ0v) is 21.8. The number of allylic oxidation sites excluding steroid dienone is 7. The second-order valence-corrected chi connectivity index (χ2v) is 12.7. The number of piperidine rings is 1. The van der Waals surface area contributed by atoms with E-state index in [0.717, 1.165) is 50.2 Å². The molecule has 1 heterocycles. The largest absolute Gasteiger partial charge is 0.378 e. The molecular weight excluding hydrogens is 436 g/mol. The van der Waals surface area contributed by atoms with Crippen molar-refractivity contribution >= 4 is 11.8 Å². The highest BCUT2D eigenvalue weighted by Gasteiger charge is 2.35. The van der Waals surface area contributed by atoms with E-state index >= 15 is 0 Å². The number of aliphatic hydroxyl groups excluding tert-OH is 1. The second-order valence-electron chi connectivity index (χ2n) is 11.4. The maximum absolute atomic E-state index is 11.3. The van der Waals surface area contributed by atoms with Crippen molar-refractivity contribution < 1.29 is 5.11 Å². The topological polar surface area (TPSA) is 35.5 Å². The summed E-state index contributed by atoms with van der Waals surface area (Å²) in [4.78, 5) is 2.61. The SMILES string of the molecule is OC(NC1CCN(CC2=CC=CCC2)CC1)C1CCCCC1SCC1C=CCC2C=CCCC21. The molecule has 4 heteroatoms. The lowest BCUT2D eigenvalue weighted by Gasteiger charge is -2.40. The highest BCUT2D eigenvalue weighted by atomic mass is 32.2. The minimum absolute atomic E-state index is 0.340. The van der Waals surface area contributed by atoms with Gasteiger partial charge in [-0.25, -0.2) is 0 Å². The van der Waals surface area contributed by atoms with Gasteiger partial charge in [-0.2, -0.15) is 11.8 Å². The van der Waals surface area contributed by atoms with Crippen molar-refractivity contribution in [1.82, 2.24) is 10.2 Å². The number of fused-ring (bicyclic) bond motifs is 1. The van der Waals surface area contributed by atoms with Gasteiger partial charge in [-0.3, -0.25) is 10.2 Å². The summed E-state index contributed by atoms with van der Waals surface area (Å²) in [6.07, 6.45) is 30.0. The molecule has 1 saturated heterocycles. The number of hydrogen-bond donors (Lipinski definition) is 2. The Bertz CT molecular complexity index is 766. The molecule has 2 fully saturated rings. The van der Waals surface area contributed by atoms with Crippen molar-refractivity contribution in [3.05, 3.63) is 48.1 Å². The van der Waals surface area contributed by atoms with E-state index in [1.54, 1.807) is 5.57 Å². The van der Waals surface area contributed by atoms with Gasteiger partial charge in [-0.15, -0.1) is 0 Å². The van der Waals surface area contributed by atoms with E-state index in [4.69, 9.17) is 0 Å². The molecule has 188 valence electrons.